The lowest BCUT2D eigenvalue weighted by Crippen LogP contribution is -2.26. The maximum Gasteiger partial charge on any atom is 0.252 e. The number of benzene rings is 4. The van der Waals surface area contributed by atoms with Crippen molar-refractivity contribution >= 4 is 45.3 Å². The molecule has 0 bridgehead atoms. The molecule has 5 nitrogen and oxygen atoms in total. The molecule has 6 heteroatoms. The molecule has 5 rings (SSSR count). The fraction of sp³-hybridized carbons (Fsp3) is 0.115. The number of fused-ring (bicyclic) bond motifs is 2. The summed E-state index contributed by atoms with van der Waals surface area (Å²) in [6.07, 6.45) is 0.170. The first kappa shape index (κ1) is 21.7. The van der Waals surface area contributed by atoms with Crippen LogP contribution < -0.4 is 9.96 Å². The van der Waals surface area contributed by atoms with Crippen LogP contribution in [0, 0.1) is 6.92 Å². The minimum Gasteiger partial charge on any atom is -0.508 e. The van der Waals surface area contributed by atoms with E-state index in [-0.39, 0.29) is 18.1 Å². The molecular weight excluding hydrogens is 424 g/mol. The van der Waals surface area contributed by atoms with Crippen molar-refractivity contribution in [1.82, 2.24) is 0 Å². The number of hydrogen-bond acceptors (Lipinski definition) is 4. The topological polar surface area (TPSA) is 64.0 Å². The second-order valence-electron chi connectivity index (χ2n) is 7.61. The molecule has 0 radical (unpaired) electrons. The van der Waals surface area contributed by atoms with Gasteiger partial charge in [0.25, 0.3) is 5.91 Å². The highest BCUT2D eigenvalue weighted by Crippen LogP contribution is 2.38. The molecule has 4 aromatic carbocycles. The van der Waals surface area contributed by atoms with E-state index >= 15 is 0 Å². The molecule has 1 aliphatic rings. The lowest BCUT2D eigenvalue weighted by atomic mass is 10.1. The van der Waals surface area contributed by atoms with Crippen molar-refractivity contribution in [2.75, 3.05) is 16.5 Å². The van der Waals surface area contributed by atoms with Gasteiger partial charge in [-0.3, -0.25) is 10.0 Å². The Labute approximate surface area is 191 Å². The minimum absolute atomic E-state index is 0.166. The summed E-state index contributed by atoms with van der Waals surface area (Å²) in [5.74, 6) is -0.209. The molecule has 0 aromatic heterocycles. The summed E-state index contributed by atoms with van der Waals surface area (Å²) in [4.78, 5) is 13.8. The number of halogens is 1. The largest absolute Gasteiger partial charge is 0.508 e. The fourth-order valence-electron chi connectivity index (χ4n) is 3.67. The fourth-order valence-corrected chi connectivity index (χ4v) is 3.84. The van der Waals surface area contributed by atoms with Crippen molar-refractivity contribution in [1.29, 1.82) is 0 Å². The smallest absolute Gasteiger partial charge is 0.252 e. The zero-order valence-corrected chi connectivity index (χ0v) is 18.3. The summed E-state index contributed by atoms with van der Waals surface area (Å²) < 4.78 is 0. The van der Waals surface area contributed by atoms with Crippen LogP contribution in [0.5, 0.6) is 5.75 Å². The average molecular weight is 447 g/mol. The average Bonchev–Trinajstić information content (AvgIpc) is 2.91. The van der Waals surface area contributed by atoms with Crippen LogP contribution in [0.15, 0.2) is 84.9 Å². The van der Waals surface area contributed by atoms with E-state index in [1.54, 1.807) is 42.5 Å². The first-order chi connectivity index (χ1) is 15.4. The Kier molecular flexibility index (Phi) is 6.30. The van der Waals surface area contributed by atoms with Crippen LogP contribution in [-0.4, -0.2) is 22.8 Å². The van der Waals surface area contributed by atoms with Gasteiger partial charge in [-0.2, -0.15) is 5.06 Å². The third kappa shape index (κ3) is 4.69. The van der Waals surface area contributed by atoms with Crippen molar-refractivity contribution in [3.05, 3.63) is 95.5 Å². The molecular formula is C26H23ClN2O3. The number of nitrogens with zero attached hydrogens (tertiary/aromatic N) is 2. The number of hydroxylamine groups is 1. The van der Waals surface area contributed by atoms with E-state index in [0.717, 1.165) is 5.69 Å². The van der Waals surface area contributed by atoms with Crippen LogP contribution in [0.25, 0.3) is 10.8 Å². The van der Waals surface area contributed by atoms with Crippen LogP contribution in [-0.2, 0) is 4.79 Å². The Morgan fingerprint density at radius 2 is 1.56 bits per heavy atom. The van der Waals surface area contributed by atoms with E-state index < -0.39 is 0 Å². The lowest BCUT2D eigenvalue weighted by Gasteiger charge is -2.25. The summed E-state index contributed by atoms with van der Waals surface area (Å²) in [7, 11) is 0. The van der Waals surface area contributed by atoms with Gasteiger partial charge in [-0.25, -0.2) is 0 Å². The second kappa shape index (κ2) is 9.30. The molecule has 2 N–H and O–H groups in total. The summed E-state index contributed by atoms with van der Waals surface area (Å²) in [5, 5.41) is 23.2. The number of aromatic hydroxyl groups is 1. The second-order valence-corrected chi connectivity index (χ2v) is 8.04. The van der Waals surface area contributed by atoms with Crippen LogP contribution in [0.3, 0.4) is 0 Å². The number of carbonyl (C=O) groups is 1. The van der Waals surface area contributed by atoms with Crippen molar-refractivity contribution in [3.63, 3.8) is 0 Å². The van der Waals surface area contributed by atoms with E-state index in [1.807, 2.05) is 4.90 Å². The molecule has 0 saturated carbocycles. The van der Waals surface area contributed by atoms with Gasteiger partial charge in [-0.05, 0) is 60.2 Å². The highest BCUT2D eigenvalue weighted by atomic mass is 35.5. The predicted molar refractivity (Wildman–Crippen MR) is 129 cm³/mol. The van der Waals surface area contributed by atoms with Crippen LogP contribution in [0.1, 0.15) is 12.0 Å². The number of carbonyl (C=O) groups excluding carboxylic acids is 1. The van der Waals surface area contributed by atoms with Gasteiger partial charge in [0.2, 0.25) is 0 Å². The van der Waals surface area contributed by atoms with Gasteiger partial charge in [0.1, 0.15) is 5.75 Å². The number of rotatable bonds is 1. The van der Waals surface area contributed by atoms with Gasteiger partial charge in [0.05, 0.1) is 11.4 Å². The van der Waals surface area contributed by atoms with Gasteiger partial charge < -0.3 is 10.0 Å². The summed E-state index contributed by atoms with van der Waals surface area (Å²) >= 11 is 6.04. The number of hydrogen-bond donors (Lipinski definition) is 2. The third-order valence-electron chi connectivity index (χ3n) is 5.31. The summed E-state index contributed by atoms with van der Waals surface area (Å²) in [6.45, 7) is 2.53. The molecule has 4 aromatic rings. The van der Waals surface area contributed by atoms with Crippen molar-refractivity contribution in [2.24, 2.45) is 0 Å². The molecule has 1 amide bonds. The van der Waals surface area contributed by atoms with E-state index in [2.05, 4.69) is 49.4 Å². The number of aryl methyl sites for hydroxylation is 1. The van der Waals surface area contributed by atoms with Crippen molar-refractivity contribution in [2.45, 2.75) is 13.3 Å². The first-order valence-electron chi connectivity index (χ1n) is 10.3. The van der Waals surface area contributed by atoms with Crippen molar-refractivity contribution < 1.29 is 15.1 Å². The van der Waals surface area contributed by atoms with Crippen LogP contribution in [0.2, 0.25) is 5.02 Å². The van der Waals surface area contributed by atoms with Crippen molar-refractivity contribution in [3.8, 4) is 5.75 Å². The predicted octanol–water partition coefficient (Wildman–Crippen LogP) is 6.46. The standard InChI is InChI=1S/C15H13ClN2O3.C11H10/c16-10-1-6-13-14(9-10)17(8-7-15(20)18(13)21)11-2-4-12(19)5-3-11;1-9-6-7-10-4-2-3-5-11(10)8-9/h1-6,9,19,21H,7-8H2;2-8H,1H3. The Hall–Kier alpha value is -3.54. The lowest BCUT2D eigenvalue weighted by molar-refractivity contribution is -0.123. The van der Waals surface area contributed by atoms with Gasteiger partial charge in [0.15, 0.2) is 0 Å². The third-order valence-corrected chi connectivity index (χ3v) is 5.54. The maximum absolute atomic E-state index is 11.9. The van der Waals surface area contributed by atoms with Crippen LogP contribution in [0.4, 0.5) is 17.1 Å². The summed E-state index contributed by atoms with van der Waals surface area (Å²) in [5.41, 5.74) is 3.15. The normalized spacial score (nSPS) is 13.3. The first-order valence-corrected chi connectivity index (χ1v) is 10.6. The molecule has 1 aliphatic heterocycles. The minimum atomic E-state index is -0.375. The molecule has 0 aliphatic carbocycles. The van der Waals surface area contributed by atoms with Gasteiger partial charge in [0, 0.05) is 23.7 Å². The number of phenols is 1. The zero-order chi connectivity index (χ0) is 22.7. The van der Waals surface area contributed by atoms with E-state index in [0.29, 0.717) is 28.0 Å². The van der Waals surface area contributed by atoms with Gasteiger partial charge >= 0.3 is 0 Å². The maximum atomic E-state index is 11.9. The monoisotopic (exact) mass is 446 g/mol. The van der Waals surface area contributed by atoms with E-state index in [4.69, 9.17) is 11.6 Å². The quantitative estimate of drug-likeness (QED) is 0.329. The highest BCUT2D eigenvalue weighted by Gasteiger charge is 2.26. The Bertz CT molecular complexity index is 1260. The summed E-state index contributed by atoms with van der Waals surface area (Å²) in [6, 6.07) is 26.5. The Morgan fingerprint density at radius 3 is 2.31 bits per heavy atom. The SMILES string of the molecule is Cc1ccc2ccccc2c1.O=C1CCN(c2ccc(O)cc2)c2cc(Cl)ccc2N1O. The molecule has 0 atom stereocenters. The number of anilines is 3. The highest BCUT2D eigenvalue weighted by molar-refractivity contribution is 6.31. The Balaban J connectivity index is 0.000000186. The van der Waals surface area contributed by atoms with Crippen LogP contribution >= 0.6 is 11.6 Å². The molecule has 162 valence electrons. The van der Waals surface area contributed by atoms with Gasteiger partial charge in [-0.15, -0.1) is 0 Å². The molecule has 0 saturated heterocycles. The number of amides is 1. The molecule has 0 unspecified atom stereocenters. The molecule has 0 fully saturated rings. The van der Waals surface area contributed by atoms with Gasteiger partial charge in [-0.1, -0.05) is 59.6 Å². The molecule has 32 heavy (non-hydrogen) atoms. The van der Waals surface area contributed by atoms with E-state index in [9.17, 15) is 15.1 Å². The molecule has 1 heterocycles. The number of phenolic OH excluding ortho intramolecular Hbond substituents is 1. The zero-order valence-electron chi connectivity index (χ0n) is 17.6. The molecule has 0 spiro atoms. The Morgan fingerprint density at radius 1 is 0.844 bits per heavy atom. The van der Waals surface area contributed by atoms with E-state index in [1.165, 1.54) is 16.3 Å².